The summed E-state index contributed by atoms with van der Waals surface area (Å²) in [4.78, 5) is 89.3. The lowest BCUT2D eigenvalue weighted by molar-refractivity contribution is -0.130. The molecule has 0 aliphatic heterocycles. The van der Waals surface area contributed by atoms with Crippen molar-refractivity contribution in [2.45, 2.75) is 411 Å². The fourth-order valence-corrected chi connectivity index (χ4v) is 18.2. The molecule has 3 atom stereocenters. The van der Waals surface area contributed by atoms with Gasteiger partial charge in [-0.2, -0.15) is 0 Å². The van der Waals surface area contributed by atoms with E-state index in [1.165, 1.54) is 19.3 Å². The number of amides is 6. The highest BCUT2D eigenvalue weighted by Gasteiger charge is 2.35. The van der Waals surface area contributed by atoms with Gasteiger partial charge in [0.25, 0.3) is 17.7 Å². The second-order valence-corrected chi connectivity index (χ2v) is 46.2. The lowest BCUT2D eigenvalue weighted by Gasteiger charge is -2.29. The van der Waals surface area contributed by atoms with Crippen molar-refractivity contribution in [2.24, 2.45) is 17.8 Å². The first-order valence-corrected chi connectivity index (χ1v) is 51.6. The zero-order valence-corrected chi connectivity index (χ0v) is 89.6. The molecule has 12 bridgehead atoms. The molecule has 0 saturated carbocycles. The van der Waals surface area contributed by atoms with Crippen molar-refractivity contribution in [1.29, 1.82) is 0 Å². The molecule has 0 heterocycles. The van der Waals surface area contributed by atoms with Crippen molar-refractivity contribution in [3.63, 3.8) is 0 Å². The molecule has 0 aromatic heterocycles. The third-order valence-electron chi connectivity index (χ3n) is 26.2. The van der Waals surface area contributed by atoms with Gasteiger partial charge in [-0.25, -0.2) is 0 Å². The van der Waals surface area contributed by atoms with Crippen LogP contribution >= 0.6 is 0 Å². The molecule has 7 rings (SSSR count). The smallest absolute Gasteiger partial charge is 0.258 e. The Labute approximate surface area is 816 Å². The predicted octanol–water partition coefficient (Wildman–Crippen LogP) is 24.5. The number of fused-ring (bicyclic) bond motifs is 12. The lowest BCUT2D eigenvalue weighted by Crippen LogP contribution is -2.48. The van der Waals surface area contributed by atoms with Crippen LogP contribution in [0.3, 0.4) is 0 Å². The number of unbranched alkanes of at least 4 members (excludes halogenated alkanes) is 15. The minimum Gasteiger partial charge on any atom is -0.496 e. The summed E-state index contributed by atoms with van der Waals surface area (Å²) < 4.78 is 42.7. The molecule has 6 aromatic carbocycles. The van der Waals surface area contributed by atoms with Crippen LogP contribution in [0, 0.1) is 17.8 Å². The van der Waals surface area contributed by atoms with E-state index in [0.29, 0.717) is 91.6 Å². The van der Waals surface area contributed by atoms with E-state index in [0.717, 1.165) is 191 Å². The average molecular weight is 1860 g/mol. The highest BCUT2D eigenvalue weighted by atomic mass is 16.5. The van der Waals surface area contributed by atoms with Crippen LogP contribution in [0.5, 0.6) is 34.5 Å². The maximum Gasteiger partial charge on any atom is 0.258 e. The third-order valence-corrected chi connectivity index (χ3v) is 26.2. The van der Waals surface area contributed by atoms with Gasteiger partial charge < -0.3 is 60.3 Å². The van der Waals surface area contributed by atoms with Gasteiger partial charge in [0.2, 0.25) is 17.7 Å². The van der Waals surface area contributed by atoms with Crippen LogP contribution in [0.2, 0.25) is 0 Å². The average Bonchev–Trinajstić information content (AvgIpc) is 0.764. The first-order valence-electron chi connectivity index (χ1n) is 51.6. The Morgan fingerprint density at radius 3 is 0.578 bits per heavy atom. The molecular formula is C117H180N6O12. The van der Waals surface area contributed by atoms with Gasteiger partial charge in [0.1, 0.15) is 52.6 Å². The van der Waals surface area contributed by atoms with Crippen LogP contribution in [0.15, 0.2) is 72.8 Å². The van der Waals surface area contributed by atoms with Gasteiger partial charge >= 0.3 is 0 Å². The number of carbonyl (C=O) groups is 6. The molecule has 0 spiro atoms. The van der Waals surface area contributed by atoms with E-state index in [-0.39, 0.29) is 77.4 Å². The van der Waals surface area contributed by atoms with Crippen molar-refractivity contribution in [3.8, 4) is 34.5 Å². The number of carbonyl (C=O) groups excluding carboxylic acids is 6. The molecule has 0 saturated heterocycles. The maximum absolute atomic E-state index is 15.4. The Hall–Kier alpha value is -9.06. The Balaban J connectivity index is 1.66. The van der Waals surface area contributed by atoms with Crippen molar-refractivity contribution >= 4 is 35.4 Å². The molecule has 18 nitrogen and oxygen atoms in total. The minimum atomic E-state index is -0.857. The molecule has 1 aliphatic rings. The van der Waals surface area contributed by atoms with E-state index in [4.69, 9.17) is 28.4 Å². The summed E-state index contributed by atoms with van der Waals surface area (Å²) in [5.74, 6) is 1.53. The fourth-order valence-electron chi connectivity index (χ4n) is 18.2. The summed E-state index contributed by atoms with van der Waals surface area (Å²) in [6, 6.07) is 24.3. The van der Waals surface area contributed by atoms with Crippen LogP contribution in [0.25, 0.3) is 0 Å². The van der Waals surface area contributed by atoms with E-state index < -0.39 is 71.9 Å². The Morgan fingerprint density at radius 1 is 0.259 bits per heavy atom. The number of ether oxygens (including phenoxy) is 6. The highest BCUT2D eigenvalue weighted by Crippen LogP contribution is 2.47. The lowest BCUT2D eigenvalue weighted by atomic mass is 9.79. The second kappa shape index (κ2) is 52.1. The van der Waals surface area contributed by atoms with Crippen molar-refractivity contribution in [1.82, 2.24) is 31.9 Å². The normalized spacial score (nSPS) is 13.6. The van der Waals surface area contributed by atoms with Gasteiger partial charge in [-0.3, -0.25) is 28.8 Å². The number of rotatable bonds is 45. The molecule has 135 heavy (non-hydrogen) atoms. The summed E-state index contributed by atoms with van der Waals surface area (Å²) in [5, 5.41) is 19.0. The summed E-state index contributed by atoms with van der Waals surface area (Å²) in [7, 11) is 5.26. The SMILES string of the molecule is CCCCCCCCNC(=O)[C@H](CC(C)C)NC(=O)COc1c2cc(C(C)(C)C)cc1Cc1cc(C(C)(C)C)cc(c1OCC(=O)N[C@@H](CC(C)C)C(=O)NCCCCCCCC)Cc1cc(C(C)(C)C)cc(c1OCC(=O)N[C@@H](CC(C)C)C(=O)NCCCCCCCC)Cc1cc(C(C)(C)C)cc(c1OC)Cc1cc(C(C)(C)C)cc(c1OC)Cc1cc(C(C)(C)C)cc(c1OC)C2. The van der Waals surface area contributed by atoms with Crippen LogP contribution in [0.1, 0.15) is 422 Å². The number of hydrogen-bond acceptors (Lipinski definition) is 12. The van der Waals surface area contributed by atoms with Crippen molar-refractivity contribution < 1.29 is 57.2 Å². The van der Waals surface area contributed by atoms with Gasteiger partial charge in [-0.1, -0.05) is 356 Å². The highest BCUT2D eigenvalue weighted by molar-refractivity contribution is 5.90. The van der Waals surface area contributed by atoms with Crippen LogP contribution < -0.4 is 60.3 Å². The van der Waals surface area contributed by atoms with Crippen LogP contribution in [-0.2, 0) is 99.8 Å². The summed E-state index contributed by atoms with van der Waals surface area (Å²) in [6.07, 6.45) is 22.1. The Kier molecular flexibility index (Phi) is 43.6. The van der Waals surface area contributed by atoms with Gasteiger partial charge in [0.15, 0.2) is 19.8 Å². The predicted molar refractivity (Wildman–Crippen MR) is 557 cm³/mol. The molecule has 0 unspecified atom stereocenters. The van der Waals surface area contributed by atoms with Crippen molar-refractivity contribution in [3.05, 3.63) is 173 Å². The van der Waals surface area contributed by atoms with Crippen molar-refractivity contribution in [2.75, 3.05) is 60.8 Å². The molecule has 750 valence electrons. The standard InChI is InChI=1S/C117H180N6O12/c1-31-34-37-40-43-46-49-118-109(127)97(52-76(4)5)121-100(124)73-133-106-85-57-83-65-92(113(13,14)15)63-81(104(83)131-29)55-79-61-91(112(10,11)12)62-80(103(79)130-28)56-82-64-93(114(16,17)18)66-84(105(82)132-30)58-86-68-95(116(22,23)24)70-88(107(86)134-74-101(125)122-98(53-77(6)7)110(128)119-50-47-44-41-38-35-32-2)60-90-72-96(117(25,26)27)71-89(59-87(106)69-94(67-85)115(19,20)21)108(90)135-75-102(126)123-99(54-78(8)9)111(129)120-51-48-45-42-39-36-33-3/h61-72,76-78,97-99H,31-60,73-75H2,1-30H3,(H,118,127)(H,119,128)(H,120,129)(H,121,124)(H,122,125)(H,123,126)/t97-,98-,99-/m0/s1. The molecule has 6 N–H and O–H groups in total. The van der Waals surface area contributed by atoms with Gasteiger partial charge in [-0.05, 0) is 189 Å². The molecule has 0 fully saturated rings. The third kappa shape index (κ3) is 35.4. The zero-order valence-electron chi connectivity index (χ0n) is 89.6. The zero-order chi connectivity index (χ0) is 100. The number of nitrogens with one attached hydrogen (secondary N) is 6. The molecule has 0 radical (unpaired) electrons. The van der Waals surface area contributed by atoms with Gasteiger partial charge in [0, 0.05) is 58.2 Å². The number of benzene rings is 6. The van der Waals surface area contributed by atoms with E-state index >= 15 is 14.4 Å². The fraction of sp³-hybridized carbons (Fsp3) is 0.641. The summed E-state index contributed by atoms with van der Waals surface area (Å²) in [6.45, 7) is 59.0. The Morgan fingerprint density at radius 2 is 0.422 bits per heavy atom. The first-order chi connectivity index (χ1) is 63.4. The molecule has 1 aliphatic carbocycles. The molecule has 6 amide bonds. The monoisotopic (exact) mass is 1860 g/mol. The summed E-state index contributed by atoms with van der Waals surface area (Å²) >= 11 is 0. The number of hydrogen-bond donors (Lipinski definition) is 6. The summed E-state index contributed by atoms with van der Waals surface area (Å²) in [5.41, 5.74) is 13.8. The van der Waals surface area contributed by atoms with Gasteiger partial charge in [-0.15, -0.1) is 0 Å². The van der Waals surface area contributed by atoms with E-state index in [1.54, 1.807) is 21.3 Å². The van der Waals surface area contributed by atoms with E-state index in [2.05, 4.69) is 278 Å². The van der Waals surface area contributed by atoms with E-state index in [1.807, 2.05) is 13.8 Å². The van der Waals surface area contributed by atoms with Crippen LogP contribution in [0.4, 0.5) is 0 Å². The molecule has 18 heteroatoms. The minimum absolute atomic E-state index is 0.0495. The topological polar surface area (TPSA) is 230 Å². The Bertz CT molecular complexity index is 4600. The molecular weight excluding hydrogens is 1680 g/mol. The quantitative estimate of drug-likeness (QED) is 0.0196. The maximum atomic E-state index is 15.4. The van der Waals surface area contributed by atoms with E-state index in [9.17, 15) is 14.4 Å². The number of methoxy groups -OCH3 is 3. The van der Waals surface area contributed by atoms with Gasteiger partial charge in [0.05, 0.1) is 21.3 Å². The second-order valence-electron chi connectivity index (χ2n) is 46.2. The van der Waals surface area contributed by atoms with Crippen LogP contribution in [-0.4, -0.2) is 114 Å². The molecule has 6 aromatic rings. The largest absolute Gasteiger partial charge is 0.496 e. The first kappa shape index (κ1) is 113.